The first-order valence-electron chi connectivity index (χ1n) is 10.8. The number of fused-ring (bicyclic) bond motifs is 5. The molecule has 6 nitrogen and oxygen atoms in total. The van der Waals surface area contributed by atoms with Gasteiger partial charge in [-0.05, 0) is 49.2 Å². The Morgan fingerprint density at radius 2 is 1.52 bits per heavy atom. The van der Waals surface area contributed by atoms with E-state index in [1.165, 1.54) is 37.9 Å². The van der Waals surface area contributed by atoms with E-state index < -0.39 is 0 Å². The molecule has 3 aromatic heterocycles. The summed E-state index contributed by atoms with van der Waals surface area (Å²) < 4.78 is 2.29. The third-order valence-electron chi connectivity index (χ3n) is 6.47. The fourth-order valence-corrected chi connectivity index (χ4v) is 4.98. The van der Waals surface area contributed by atoms with Gasteiger partial charge in [0.1, 0.15) is 0 Å². The van der Waals surface area contributed by atoms with Crippen LogP contribution in [0.15, 0.2) is 48.8 Å². The van der Waals surface area contributed by atoms with E-state index in [4.69, 9.17) is 4.98 Å². The van der Waals surface area contributed by atoms with Crippen molar-refractivity contribution in [1.82, 2.24) is 24.4 Å². The highest BCUT2D eigenvalue weighted by atomic mass is 15.6. The van der Waals surface area contributed by atoms with Crippen molar-refractivity contribution in [2.45, 2.75) is 19.3 Å². The van der Waals surface area contributed by atoms with Crippen LogP contribution in [0.2, 0.25) is 0 Å². The lowest BCUT2D eigenvalue weighted by Gasteiger charge is -2.43. The molecule has 29 heavy (non-hydrogen) atoms. The molecule has 0 unspecified atom stereocenters. The van der Waals surface area contributed by atoms with Crippen LogP contribution in [-0.4, -0.2) is 63.7 Å². The number of aromatic nitrogens is 3. The highest BCUT2D eigenvalue weighted by Crippen LogP contribution is 2.30. The number of benzene rings is 1. The summed E-state index contributed by atoms with van der Waals surface area (Å²) in [6.07, 6.45) is 8.05. The average molecular weight is 387 g/mol. The van der Waals surface area contributed by atoms with Gasteiger partial charge in [-0.25, -0.2) is 15.0 Å². The standard InChI is InChI=1S/C23H26N6/c1-2-11-27(12-3-1)28-16-14-26(15-17-28)23-21-7-5-13-29(21)22-18-6-4-10-24-19(18)8-9-20(22)25-23/h4-10,13H,1-3,11-12,14-17H2. The summed E-state index contributed by atoms with van der Waals surface area (Å²) in [7, 11) is 0. The van der Waals surface area contributed by atoms with Crippen molar-refractivity contribution < 1.29 is 0 Å². The van der Waals surface area contributed by atoms with Crippen LogP contribution in [0.4, 0.5) is 5.82 Å². The summed E-state index contributed by atoms with van der Waals surface area (Å²) in [5.41, 5.74) is 4.37. The first-order chi connectivity index (χ1) is 14.4. The van der Waals surface area contributed by atoms with Crippen molar-refractivity contribution in [3.05, 3.63) is 48.8 Å². The van der Waals surface area contributed by atoms with Gasteiger partial charge >= 0.3 is 0 Å². The van der Waals surface area contributed by atoms with Crippen LogP contribution in [0, 0.1) is 0 Å². The lowest BCUT2D eigenvalue weighted by molar-refractivity contribution is -0.0427. The molecule has 0 atom stereocenters. The maximum Gasteiger partial charge on any atom is 0.153 e. The third-order valence-corrected chi connectivity index (χ3v) is 6.47. The van der Waals surface area contributed by atoms with Crippen LogP contribution in [0.5, 0.6) is 0 Å². The predicted octanol–water partition coefficient (Wildman–Crippen LogP) is 3.56. The molecule has 2 saturated heterocycles. The fourth-order valence-electron chi connectivity index (χ4n) is 4.98. The first kappa shape index (κ1) is 17.2. The minimum Gasteiger partial charge on any atom is -0.352 e. The number of piperidine rings is 1. The number of pyridine rings is 1. The lowest BCUT2D eigenvalue weighted by atomic mass is 10.1. The number of hydrogen-bond acceptors (Lipinski definition) is 5. The number of nitrogens with zero attached hydrogens (tertiary/aromatic N) is 6. The molecule has 0 spiro atoms. The number of hydrogen-bond donors (Lipinski definition) is 0. The number of anilines is 1. The maximum absolute atomic E-state index is 5.13. The van der Waals surface area contributed by atoms with E-state index in [9.17, 15) is 0 Å². The van der Waals surface area contributed by atoms with E-state index >= 15 is 0 Å². The van der Waals surface area contributed by atoms with Crippen molar-refractivity contribution >= 4 is 33.3 Å². The molecule has 0 aliphatic carbocycles. The quantitative estimate of drug-likeness (QED) is 0.493. The largest absolute Gasteiger partial charge is 0.352 e. The van der Waals surface area contributed by atoms with Crippen molar-refractivity contribution in [2.24, 2.45) is 0 Å². The second-order valence-electron chi connectivity index (χ2n) is 8.16. The molecule has 2 fully saturated rings. The monoisotopic (exact) mass is 386 g/mol. The van der Waals surface area contributed by atoms with Crippen LogP contribution in [0.25, 0.3) is 27.5 Å². The van der Waals surface area contributed by atoms with E-state index in [0.717, 1.165) is 53.9 Å². The number of rotatable bonds is 2. The van der Waals surface area contributed by atoms with Crippen molar-refractivity contribution in [3.8, 4) is 0 Å². The molecule has 0 saturated carbocycles. The van der Waals surface area contributed by atoms with Crippen molar-refractivity contribution in [2.75, 3.05) is 44.2 Å². The highest BCUT2D eigenvalue weighted by Gasteiger charge is 2.25. The average Bonchev–Trinajstić information content (AvgIpc) is 3.29. The first-order valence-corrected chi connectivity index (χ1v) is 10.8. The van der Waals surface area contributed by atoms with Gasteiger partial charge < -0.3 is 9.30 Å². The van der Waals surface area contributed by atoms with Gasteiger partial charge in [0.2, 0.25) is 0 Å². The molecule has 5 heterocycles. The van der Waals surface area contributed by atoms with Gasteiger partial charge in [0, 0.05) is 57.0 Å². The maximum atomic E-state index is 5.13. The van der Waals surface area contributed by atoms with Gasteiger partial charge in [0.05, 0.1) is 22.1 Å². The molecular weight excluding hydrogens is 360 g/mol. The molecule has 0 radical (unpaired) electrons. The van der Waals surface area contributed by atoms with Crippen molar-refractivity contribution in [3.63, 3.8) is 0 Å². The molecular formula is C23H26N6. The Hall–Kier alpha value is -2.70. The van der Waals surface area contributed by atoms with Crippen molar-refractivity contribution in [1.29, 1.82) is 0 Å². The topological polar surface area (TPSA) is 39.9 Å². The number of hydrazine groups is 1. The summed E-state index contributed by atoms with van der Waals surface area (Å²) >= 11 is 0. The second-order valence-corrected chi connectivity index (χ2v) is 8.16. The SMILES string of the molecule is c1cnc2ccc3nc(N4CCN(N5CCCCC5)CC4)c4cccn4c3c2c1. The molecule has 148 valence electrons. The minimum atomic E-state index is 1.01. The molecule has 2 aliphatic heterocycles. The molecule has 0 bridgehead atoms. The summed E-state index contributed by atoms with van der Waals surface area (Å²) in [6, 6.07) is 12.6. The van der Waals surface area contributed by atoms with E-state index in [1.807, 2.05) is 12.3 Å². The summed E-state index contributed by atoms with van der Waals surface area (Å²) in [4.78, 5) is 12.1. The Morgan fingerprint density at radius 3 is 2.38 bits per heavy atom. The van der Waals surface area contributed by atoms with E-state index in [1.54, 1.807) is 0 Å². The van der Waals surface area contributed by atoms with Gasteiger partial charge in [0.15, 0.2) is 5.82 Å². The van der Waals surface area contributed by atoms with Crippen LogP contribution in [-0.2, 0) is 0 Å². The van der Waals surface area contributed by atoms with Gasteiger partial charge in [-0.15, -0.1) is 0 Å². The molecule has 0 amide bonds. The van der Waals surface area contributed by atoms with Gasteiger partial charge in [-0.2, -0.15) is 0 Å². The molecule has 4 aromatic rings. The Labute approximate surface area is 170 Å². The zero-order valence-electron chi connectivity index (χ0n) is 16.7. The minimum absolute atomic E-state index is 1.01. The molecule has 1 aromatic carbocycles. The Balaban J connectivity index is 1.38. The normalized spacial score (nSPS) is 19.5. The van der Waals surface area contributed by atoms with Gasteiger partial charge in [0.25, 0.3) is 0 Å². The molecule has 0 N–H and O–H groups in total. The summed E-state index contributed by atoms with van der Waals surface area (Å²) in [5.74, 6) is 1.10. The number of piperazine rings is 1. The zero-order valence-corrected chi connectivity index (χ0v) is 16.7. The second kappa shape index (κ2) is 6.97. The Bertz CT molecular complexity index is 1170. The van der Waals surface area contributed by atoms with Crippen LogP contribution >= 0.6 is 0 Å². The molecule has 6 heteroatoms. The lowest BCUT2D eigenvalue weighted by Crippen LogP contribution is -2.55. The fraction of sp³-hybridized carbons (Fsp3) is 0.391. The van der Waals surface area contributed by atoms with Crippen LogP contribution in [0.1, 0.15) is 19.3 Å². The smallest absolute Gasteiger partial charge is 0.153 e. The van der Waals surface area contributed by atoms with Gasteiger partial charge in [-0.3, -0.25) is 4.98 Å². The highest BCUT2D eigenvalue weighted by molar-refractivity contribution is 6.04. The van der Waals surface area contributed by atoms with E-state index in [2.05, 4.69) is 60.8 Å². The third kappa shape index (κ3) is 2.86. The van der Waals surface area contributed by atoms with Crippen LogP contribution in [0.3, 0.4) is 0 Å². The zero-order chi connectivity index (χ0) is 19.2. The molecule has 2 aliphatic rings. The summed E-state index contributed by atoms with van der Waals surface area (Å²) in [5, 5.41) is 6.28. The predicted molar refractivity (Wildman–Crippen MR) is 117 cm³/mol. The molecule has 6 rings (SSSR count). The Kier molecular flexibility index (Phi) is 4.13. The van der Waals surface area contributed by atoms with Crippen LogP contribution < -0.4 is 4.90 Å². The summed E-state index contributed by atoms with van der Waals surface area (Å²) in [6.45, 7) is 6.63. The van der Waals surface area contributed by atoms with E-state index in [0.29, 0.717) is 0 Å². The Morgan fingerprint density at radius 1 is 0.724 bits per heavy atom. The van der Waals surface area contributed by atoms with E-state index in [-0.39, 0.29) is 0 Å². The van der Waals surface area contributed by atoms with Gasteiger partial charge in [-0.1, -0.05) is 6.42 Å².